The maximum absolute atomic E-state index is 13.9. The van der Waals surface area contributed by atoms with Gasteiger partial charge >= 0.3 is 0 Å². The predicted octanol–water partition coefficient (Wildman–Crippen LogP) is 4.63. The molecule has 0 radical (unpaired) electrons. The number of sulfonamides is 1. The number of amides is 2. The first-order valence-electron chi connectivity index (χ1n) is 12.9. The monoisotopic (exact) mass is 535 g/mol. The molecule has 0 aliphatic heterocycles. The van der Waals surface area contributed by atoms with Crippen LogP contribution in [0.1, 0.15) is 38.8 Å². The summed E-state index contributed by atoms with van der Waals surface area (Å²) in [6.07, 6.45) is 0.804. The number of carbonyl (C=O) groups is 2. The van der Waals surface area contributed by atoms with Crippen molar-refractivity contribution < 1.29 is 18.0 Å². The summed E-state index contributed by atoms with van der Waals surface area (Å²) >= 11 is 0. The summed E-state index contributed by atoms with van der Waals surface area (Å²) < 4.78 is 28.6. The van der Waals surface area contributed by atoms with Crippen LogP contribution in [0.5, 0.6) is 0 Å². The van der Waals surface area contributed by atoms with Crippen molar-refractivity contribution in [3.8, 4) is 0 Å². The zero-order valence-corrected chi connectivity index (χ0v) is 23.3. The standard InChI is InChI=1S/C30H37N3O4S/c1-5-25-16-18-27(19-17-25)33(38(36,37)28-14-10-7-11-15-28)22-29(34)32(21-26-12-8-6-9-13-26)24(4)30(35)31-20-23(2)3/h6-19,23-24H,5,20-22H2,1-4H3,(H,31,35)/t24-/m1/s1. The Labute approximate surface area is 226 Å². The van der Waals surface area contributed by atoms with Gasteiger partial charge in [0.15, 0.2) is 0 Å². The third-order valence-electron chi connectivity index (χ3n) is 6.29. The summed E-state index contributed by atoms with van der Waals surface area (Å²) in [4.78, 5) is 28.4. The molecule has 3 aromatic carbocycles. The molecule has 0 unspecified atom stereocenters. The maximum atomic E-state index is 13.9. The lowest BCUT2D eigenvalue weighted by molar-refractivity contribution is -0.139. The first kappa shape index (κ1) is 28.9. The largest absolute Gasteiger partial charge is 0.354 e. The highest BCUT2D eigenvalue weighted by Crippen LogP contribution is 2.25. The lowest BCUT2D eigenvalue weighted by Crippen LogP contribution is -2.51. The second kappa shape index (κ2) is 13.2. The van der Waals surface area contributed by atoms with E-state index in [4.69, 9.17) is 0 Å². The van der Waals surface area contributed by atoms with Gasteiger partial charge in [-0.3, -0.25) is 13.9 Å². The molecule has 202 valence electrons. The van der Waals surface area contributed by atoms with Crippen LogP contribution in [0.3, 0.4) is 0 Å². The van der Waals surface area contributed by atoms with Gasteiger partial charge in [-0.1, -0.05) is 81.4 Å². The van der Waals surface area contributed by atoms with Gasteiger partial charge in [0.1, 0.15) is 12.6 Å². The zero-order valence-electron chi connectivity index (χ0n) is 22.5. The minimum absolute atomic E-state index is 0.0877. The van der Waals surface area contributed by atoms with Crippen molar-refractivity contribution in [3.05, 3.63) is 96.1 Å². The molecular formula is C30H37N3O4S. The van der Waals surface area contributed by atoms with E-state index in [0.717, 1.165) is 21.9 Å². The van der Waals surface area contributed by atoms with Crippen LogP contribution in [0, 0.1) is 5.92 Å². The van der Waals surface area contributed by atoms with Crippen molar-refractivity contribution in [2.75, 3.05) is 17.4 Å². The molecule has 0 aliphatic carbocycles. The number of hydrogen-bond acceptors (Lipinski definition) is 4. The van der Waals surface area contributed by atoms with Crippen molar-refractivity contribution in [2.24, 2.45) is 5.92 Å². The van der Waals surface area contributed by atoms with E-state index < -0.39 is 28.5 Å². The summed E-state index contributed by atoms with van der Waals surface area (Å²) in [7, 11) is -4.06. The SMILES string of the molecule is CCc1ccc(N(CC(=O)N(Cc2ccccc2)[C@H](C)C(=O)NCC(C)C)S(=O)(=O)c2ccccc2)cc1. The second-order valence-corrected chi connectivity index (χ2v) is 11.5. The highest BCUT2D eigenvalue weighted by molar-refractivity contribution is 7.92. The molecule has 1 atom stereocenters. The Hall–Kier alpha value is -3.65. The Bertz CT molecular complexity index is 1290. The summed E-state index contributed by atoms with van der Waals surface area (Å²) in [5.41, 5.74) is 2.28. The molecule has 0 saturated carbocycles. The van der Waals surface area contributed by atoms with E-state index in [9.17, 15) is 18.0 Å². The summed E-state index contributed by atoms with van der Waals surface area (Å²) in [5.74, 6) is -0.505. The fraction of sp³-hybridized carbons (Fsp3) is 0.333. The van der Waals surface area contributed by atoms with Gasteiger partial charge in [0, 0.05) is 13.1 Å². The number of rotatable bonds is 12. The number of benzene rings is 3. The smallest absolute Gasteiger partial charge is 0.264 e. The molecule has 3 aromatic rings. The lowest BCUT2D eigenvalue weighted by atomic mass is 10.1. The van der Waals surface area contributed by atoms with E-state index in [1.807, 2.05) is 63.2 Å². The van der Waals surface area contributed by atoms with E-state index in [-0.39, 0.29) is 23.3 Å². The van der Waals surface area contributed by atoms with E-state index in [2.05, 4.69) is 5.32 Å². The normalized spacial score (nSPS) is 12.1. The van der Waals surface area contributed by atoms with E-state index in [1.54, 1.807) is 37.3 Å². The maximum Gasteiger partial charge on any atom is 0.264 e. The van der Waals surface area contributed by atoms with Gasteiger partial charge in [0.25, 0.3) is 10.0 Å². The van der Waals surface area contributed by atoms with Gasteiger partial charge in [-0.25, -0.2) is 8.42 Å². The number of nitrogens with one attached hydrogen (secondary N) is 1. The van der Waals surface area contributed by atoms with E-state index >= 15 is 0 Å². The first-order chi connectivity index (χ1) is 18.1. The molecule has 0 fully saturated rings. The summed E-state index contributed by atoms with van der Waals surface area (Å²) in [6.45, 7) is 7.88. The van der Waals surface area contributed by atoms with Crippen LogP contribution in [0.25, 0.3) is 0 Å². The quantitative estimate of drug-likeness (QED) is 0.366. The molecule has 0 aromatic heterocycles. The minimum Gasteiger partial charge on any atom is -0.354 e. The van der Waals surface area contributed by atoms with Crippen LogP contribution < -0.4 is 9.62 Å². The Morgan fingerprint density at radius 1 is 0.816 bits per heavy atom. The molecule has 2 amide bonds. The minimum atomic E-state index is -4.06. The van der Waals surface area contributed by atoms with Crippen molar-refractivity contribution >= 4 is 27.5 Å². The van der Waals surface area contributed by atoms with Gasteiger partial charge in [-0.15, -0.1) is 0 Å². The van der Waals surface area contributed by atoms with Crippen molar-refractivity contribution in [2.45, 2.75) is 51.6 Å². The highest BCUT2D eigenvalue weighted by atomic mass is 32.2. The Morgan fingerprint density at radius 2 is 1.39 bits per heavy atom. The van der Waals surface area contributed by atoms with E-state index in [0.29, 0.717) is 12.2 Å². The molecule has 0 saturated heterocycles. The average molecular weight is 536 g/mol. The fourth-order valence-corrected chi connectivity index (χ4v) is 5.40. The number of nitrogens with zero attached hydrogens (tertiary/aromatic N) is 2. The van der Waals surface area contributed by atoms with Crippen molar-refractivity contribution in [1.29, 1.82) is 0 Å². The zero-order chi connectivity index (χ0) is 27.7. The van der Waals surface area contributed by atoms with Crippen LogP contribution in [0.2, 0.25) is 0 Å². The number of aryl methyl sites for hydroxylation is 1. The summed E-state index contributed by atoms with van der Waals surface area (Å²) in [5, 5.41) is 2.89. The second-order valence-electron chi connectivity index (χ2n) is 9.67. The molecule has 3 rings (SSSR count). The number of carbonyl (C=O) groups excluding carboxylic acids is 2. The molecule has 1 N–H and O–H groups in total. The molecule has 0 aliphatic rings. The molecule has 0 heterocycles. The molecule has 0 bridgehead atoms. The molecule has 38 heavy (non-hydrogen) atoms. The molecular weight excluding hydrogens is 498 g/mol. The van der Waals surface area contributed by atoms with Crippen LogP contribution in [-0.4, -0.2) is 44.3 Å². The Kier molecular flexibility index (Phi) is 10.1. The number of hydrogen-bond donors (Lipinski definition) is 1. The van der Waals surface area contributed by atoms with Crippen LogP contribution in [0.4, 0.5) is 5.69 Å². The van der Waals surface area contributed by atoms with Crippen LogP contribution >= 0.6 is 0 Å². The van der Waals surface area contributed by atoms with Gasteiger partial charge in [-0.2, -0.15) is 0 Å². The third-order valence-corrected chi connectivity index (χ3v) is 8.08. The Morgan fingerprint density at radius 3 is 1.95 bits per heavy atom. The predicted molar refractivity (Wildman–Crippen MR) is 151 cm³/mol. The van der Waals surface area contributed by atoms with Gasteiger partial charge < -0.3 is 10.2 Å². The Balaban J connectivity index is 1.98. The van der Waals surface area contributed by atoms with Crippen molar-refractivity contribution in [1.82, 2.24) is 10.2 Å². The van der Waals surface area contributed by atoms with E-state index in [1.165, 1.54) is 17.0 Å². The van der Waals surface area contributed by atoms with Crippen LogP contribution in [0.15, 0.2) is 89.8 Å². The average Bonchev–Trinajstić information content (AvgIpc) is 2.93. The topological polar surface area (TPSA) is 86.8 Å². The third kappa shape index (κ3) is 7.44. The fourth-order valence-electron chi connectivity index (χ4n) is 3.96. The van der Waals surface area contributed by atoms with Gasteiger partial charge in [0.05, 0.1) is 10.6 Å². The van der Waals surface area contributed by atoms with Gasteiger partial charge in [0.2, 0.25) is 11.8 Å². The van der Waals surface area contributed by atoms with Crippen LogP contribution in [-0.2, 0) is 32.6 Å². The number of anilines is 1. The molecule has 7 nitrogen and oxygen atoms in total. The van der Waals surface area contributed by atoms with Gasteiger partial charge in [-0.05, 0) is 54.7 Å². The highest BCUT2D eigenvalue weighted by Gasteiger charge is 2.32. The molecule has 8 heteroatoms. The summed E-state index contributed by atoms with van der Waals surface area (Å²) in [6, 6.07) is 23.8. The molecule has 0 spiro atoms. The van der Waals surface area contributed by atoms with Crippen molar-refractivity contribution in [3.63, 3.8) is 0 Å². The first-order valence-corrected chi connectivity index (χ1v) is 14.3. The lowest BCUT2D eigenvalue weighted by Gasteiger charge is -2.32.